The van der Waals surface area contributed by atoms with Crippen LogP contribution in [0.25, 0.3) is 11.5 Å². The van der Waals surface area contributed by atoms with E-state index in [1.807, 2.05) is 31.2 Å². The SMILES string of the molecule is CCOC1(c2noc(-c3cccc(N)c3)n2)CCCCC1. The summed E-state index contributed by atoms with van der Waals surface area (Å²) in [5, 5.41) is 4.18. The maximum absolute atomic E-state index is 6.02. The highest BCUT2D eigenvalue weighted by atomic mass is 16.5. The molecule has 0 radical (unpaired) electrons. The summed E-state index contributed by atoms with van der Waals surface area (Å²) in [5.41, 5.74) is 6.95. The van der Waals surface area contributed by atoms with Gasteiger partial charge in [-0.2, -0.15) is 4.98 Å². The van der Waals surface area contributed by atoms with E-state index < -0.39 is 0 Å². The molecular weight excluding hydrogens is 266 g/mol. The van der Waals surface area contributed by atoms with E-state index in [1.165, 1.54) is 6.42 Å². The highest BCUT2D eigenvalue weighted by Crippen LogP contribution is 2.39. The fraction of sp³-hybridized carbons (Fsp3) is 0.500. The third-order valence-electron chi connectivity index (χ3n) is 4.05. The second-order valence-corrected chi connectivity index (χ2v) is 5.54. The molecule has 1 aromatic heterocycles. The number of aromatic nitrogens is 2. The van der Waals surface area contributed by atoms with Gasteiger partial charge in [0.05, 0.1) is 0 Å². The topological polar surface area (TPSA) is 74.2 Å². The molecule has 0 bridgehead atoms. The Bertz CT molecular complexity index is 598. The van der Waals surface area contributed by atoms with Gasteiger partial charge < -0.3 is 15.0 Å². The Hall–Kier alpha value is -1.88. The third kappa shape index (κ3) is 2.78. The van der Waals surface area contributed by atoms with Crippen LogP contribution in [0.4, 0.5) is 5.69 Å². The number of nitrogen functional groups attached to an aromatic ring is 1. The van der Waals surface area contributed by atoms with E-state index in [0.717, 1.165) is 31.2 Å². The van der Waals surface area contributed by atoms with Gasteiger partial charge in [-0.3, -0.25) is 0 Å². The minimum absolute atomic E-state index is 0.380. The minimum Gasteiger partial charge on any atom is -0.399 e. The maximum atomic E-state index is 6.02. The summed E-state index contributed by atoms with van der Waals surface area (Å²) < 4.78 is 11.5. The van der Waals surface area contributed by atoms with E-state index in [-0.39, 0.29) is 5.60 Å². The number of rotatable bonds is 4. The lowest BCUT2D eigenvalue weighted by Gasteiger charge is -2.33. The molecule has 3 rings (SSSR count). The highest BCUT2D eigenvalue weighted by molar-refractivity contribution is 5.59. The second-order valence-electron chi connectivity index (χ2n) is 5.54. The van der Waals surface area contributed by atoms with Gasteiger partial charge in [-0.1, -0.05) is 30.5 Å². The highest BCUT2D eigenvalue weighted by Gasteiger charge is 2.39. The number of nitrogens with zero attached hydrogens (tertiary/aromatic N) is 2. The fourth-order valence-corrected chi connectivity index (χ4v) is 3.03. The van der Waals surface area contributed by atoms with Crippen molar-refractivity contribution in [3.63, 3.8) is 0 Å². The van der Waals surface area contributed by atoms with Crippen molar-refractivity contribution >= 4 is 5.69 Å². The predicted molar refractivity (Wildman–Crippen MR) is 80.5 cm³/mol. The Balaban J connectivity index is 1.92. The monoisotopic (exact) mass is 287 g/mol. The Morgan fingerprint density at radius 3 is 2.81 bits per heavy atom. The summed E-state index contributed by atoms with van der Waals surface area (Å²) in [6.45, 7) is 2.66. The van der Waals surface area contributed by atoms with Crippen LogP contribution in [0.5, 0.6) is 0 Å². The molecule has 2 N–H and O–H groups in total. The van der Waals surface area contributed by atoms with Crippen LogP contribution in [0.3, 0.4) is 0 Å². The molecule has 112 valence electrons. The zero-order valence-electron chi connectivity index (χ0n) is 12.3. The summed E-state index contributed by atoms with van der Waals surface area (Å²) in [4.78, 5) is 4.58. The van der Waals surface area contributed by atoms with Crippen LogP contribution in [0, 0.1) is 0 Å². The Kier molecular flexibility index (Phi) is 3.92. The van der Waals surface area contributed by atoms with E-state index in [4.69, 9.17) is 15.0 Å². The van der Waals surface area contributed by atoms with E-state index in [9.17, 15) is 0 Å². The number of anilines is 1. The van der Waals surface area contributed by atoms with Crippen LogP contribution in [0.2, 0.25) is 0 Å². The van der Waals surface area contributed by atoms with Gasteiger partial charge in [0.15, 0.2) is 0 Å². The van der Waals surface area contributed by atoms with Gasteiger partial charge >= 0.3 is 0 Å². The summed E-state index contributed by atoms with van der Waals surface area (Å²) in [6.07, 6.45) is 5.44. The van der Waals surface area contributed by atoms with Gasteiger partial charge in [0.25, 0.3) is 5.89 Å². The molecule has 1 fully saturated rings. The zero-order valence-corrected chi connectivity index (χ0v) is 12.3. The minimum atomic E-state index is -0.380. The molecule has 0 atom stereocenters. The molecule has 5 nitrogen and oxygen atoms in total. The van der Waals surface area contributed by atoms with Gasteiger partial charge in [0, 0.05) is 17.9 Å². The largest absolute Gasteiger partial charge is 0.399 e. The van der Waals surface area contributed by atoms with Crippen molar-refractivity contribution in [3.8, 4) is 11.5 Å². The summed E-state index contributed by atoms with van der Waals surface area (Å²) in [5.74, 6) is 1.17. The number of ether oxygens (including phenoxy) is 1. The number of nitrogens with two attached hydrogens (primary N) is 1. The zero-order chi connectivity index (χ0) is 14.7. The van der Waals surface area contributed by atoms with E-state index in [0.29, 0.717) is 24.0 Å². The first-order valence-corrected chi connectivity index (χ1v) is 7.57. The first-order chi connectivity index (χ1) is 10.2. The lowest BCUT2D eigenvalue weighted by atomic mass is 9.84. The van der Waals surface area contributed by atoms with Crippen molar-refractivity contribution < 1.29 is 9.26 Å². The van der Waals surface area contributed by atoms with Gasteiger partial charge in [0.2, 0.25) is 5.82 Å². The lowest BCUT2D eigenvalue weighted by molar-refractivity contribution is -0.0777. The number of benzene rings is 1. The molecule has 0 saturated heterocycles. The third-order valence-corrected chi connectivity index (χ3v) is 4.05. The first-order valence-electron chi connectivity index (χ1n) is 7.57. The lowest BCUT2D eigenvalue weighted by Crippen LogP contribution is -2.33. The van der Waals surface area contributed by atoms with E-state index >= 15 is 0 Å². The normalized spacial score (nSPS) is 17.8. The molecule has 5 heteroatoms. The molecule has 0 aliphatic heterocycles. The standard InChI is InChI=1S/C16H21N3O2/c1-2-20-16(9-4-3-5-10-16)15-18-14(21-19-15)12-7-6-8-13(17)11-12/h6-8,11H,2-5,9-10,17H2,1H3. The van der Waals surface area contributed by atoms with Crippen molar-refractivity contribution in [2.45, 2.75) is 44.6 Å². The van der Waals surface area contributed by atoms with Crippen LogP contribution in [-0.4, -0.2) is 16.7 Å². The summed E-state index contributed by atoms with van der Waals surface area (Å²) >= 11 is 0. The van der Waals surface area contributed by atoms with Crippen LogP contribution in [-0.2, 0) is 10.3 Å². The van der Waals surface area contributed by atoms with Crippen molar-refractivity contribution in [1.29, 1.82) is 0 Å². The Morgan fingerprint density at radius 2 is 2.10 bits per heavy atom. The molecule has 1 saturated carbocycles. The van der Waals surface area contributed by atoms with Crippen molar-refractivity contribution in [3.05, 3.63) is 30.1 Å². The second kappa shape index (κ2) is 5.85. The van der Waals surface area contributed by atoms with Gasteiger partial charge in [-0.05, 0) is 38.0 Å². The van der Waals surface area contributed by atoms with E-state index in [1.54, 1.807) is 0 Å². The molecule has 0 spiro atoms. The average molecular weight is 287 g/mol. The molecule has 1 aliphatic carbocycles. The molecule has 2 aromatic rings. The van der Waals surface area contributed by atoms with Crippen LogP contribution >= 0.6 is 0 Å². The van der Waals surface area contributed by atoms with Gasteiger partial charge in [0.1, 0.15) is 5.60 Å². The first kappa shape index (κ1) is 14.1. The predicted octanol–water partition coefficient (Wildman–Crippen LogP) is 3.51. The number of hydrogen-bond donors (Lipinski definition) is 1. The fourth-order valence-electron chi connectivity index (χ4n) is 3.03. The molecule has 1 aromatic carbocycles. The van der Waals surface area contributed by atoms with Crippen LogP contribution in [0.15, 0.2) is 28.8 Å². The molecule has 21 heavy (non-hydrogen) atoms. The van der Waals surface area contributed by atoms with Gasteiger partial charge in [-0.25, -0.2) is 0 Å². The molecule has 0 amide bonds. The van der Waals surface area contributed by atoms with Crippen LogP contribution in [0.1, 0.15) is 44.9 Å². The van der Waals surface area contributed by atoms with Crippen molar-refractivity contribution in [2.75, 3.05) is 12.3 Å². The molecular formula is C16H21N3O2. The maximum Gasteiger partial charge on any atom is 0.258 e. The Labute approximate surface area is 124 Å². The summed E-state index contributed by atoms with van der Waals surface area (Å²) in [6, 6.07) is 7.48. The smallest absolute Gasteiger partial charge is 0.258 e. The summed E-state index contributed by atoms with van der Waals surface area (Å²) in [7, 11) is 0. The quantitative estimate of drug-likeness (QED) is 0.871. The van der Waals surface area contributed by atoms with Crippen LogP contribution < -0.4 is 5.73 Å². The van der Waals surface area contributed by atoms with Crippen molar-refractivity contribution in [2.24, 2.45) is 0 Å². The Morgan fingerprint density at radius 1 is 1.29 bits per heavy atom. The average Bonchev–Trinajstić information content (AvgIpc) is 2.99. The van der Waals surface area contributed by atoms with E-state index in [2.05, 4.69) is 10.1 Å². The number of hydrogen-bond acceptors (Lipinski definition) is 5. The van der Waals surface area contributed by atoms with Gasteiger partial charge in [-0.15, -0.1) is 0 Å². The molecule has 1 heterocycles. The van der Waals surface area contributed by atoms with Crippen molar-refractivity contribution in [1.82, 2.24) is 10.1 Å². The molecule has 1 aliphatic rings. The molecule has 0 unspecified atom stereocenters.